The van der Waals surface area contributed by atoms with E-state index >= 15 is 0 Å². The van der Waals surface area contributed by atoms with Gasteiger partial charge in [0.1, 0.15) is 5.82 Å². The third-order valence-electron chi connectivity index (χ3n) is 2.81. The van der Waals surface area contributed by atoms with Crippen LogP contribution in [0.15, 0.2) is 12.1 Å². The number of carbonyl (C=O) groups excluding carboxylic acids is 1. The molecule has 1 aromatic rings. The summed E-state index contributed by atoms with van der Waals surface area (Å²) in [5, 5.41) is 2.92. The molecule has 0 aliphatic heterocycles. The molecule has 6 heteroatoms. The van der Waals surface area contributed by atoms with Gasteiger partial charge >= 0.3 is 0 Å². The number of hydrogen-bond donors (Lipinski definition) is 3. The Labute approximate surface area is 125 Å². The fraction of sp³-hybridized carbons (Fsp3) is 0.571. The second-order valence-electron chi connectivity index (χ2n) is 5.62. The third kappa shape index (κ3) is 5.02. The molecule has 20 heavy (non-hydrogen) atoms. The lowest BCUT2D eigenvalue weighted by atomic mass is 9.90. The first-order valence-electron chi connectivity index (χ1n) is 6.65. The number of nitrogen functional groups attached to an aromatic ring is 1. The summed E-state index contributed by atoms with van der Waals surface area (Å²) in [6.07, 6.45) is 3.02. The molecule has 0 bridgehead atoms. The van der Waals surface area contributed by atoms with Crippen molar-refractivity contribution in [1.82, 2.24) is 10.3 Å². The molecular formula is C14H24N4OS. The molecule has 0 radical (unpaired) electrons. The first kappa shape index (κ1) is 16.8. The first-order valence-corrected chi connectivity index (χ1v) is 8.04. The van der Waals surface area contributed by atoms with Crippen LogP contribution in [0.1, 0.15) is 43.2 Å². The standard InChI is InChI=1S/C14H24N4OS/c1-14(2,3)11-8-10(9-12(17-11)18-15)13(19)16-6-5-7-20-4/h8-9H,5-7,15H2,1-4H3,(H,16,19)(H,17,18). The van der Waals surface area contributed by atoms with Crippen LogP contribution in [0.25, 0.3) is 0 Å². The number of anilines is 1. The van der Waals surface area contributed by atoms with Crippen LogP contribution in [0.5, 0.6) is 0 Å². The van der Waals surface area contributed by atoms with E-state index in [-0.39, 0.29) is 11.3 Å². The minimum Gasteiger partial charge on any atom is -0.352 e. The highest BCUT2D eigenvalue weighted by atomic mass is 32.2. The normalized spacial score (nSPS) is 11.2. The number of carbonyl (C=O) groups is 1. The molecule has 112 valence electrons. The molecule has 0 spiro atoms. The van der Waals surface area contributed by atoms with E-state index in [1.807, 2.05) is 6.07 Å². The molecule has 0 saturated carbocycles. The minimum absolute atomic E-state index is 0.0875. The predicted octanol–water partition coefficient (Wildman–Crippen LogP) is 2.15. The van der Waals surface area contributed by atoms with E-state index in [0.717, 1.165) is 17.9 Å². The van der Waals surface area contributed by atoms with Gasteiger partial charge in [-0.25, -0.2) is 10.8 Å². The fourth-order valence-electron chi connectivity index (χ4n) is 1.64. The lowest BCUT2D eigenvalue weighted by Crippen LogP contribution is -2.26. The molecule has 1 aromatic heterocycles. The number of amides is 1. The van der Waals surface area contributed by atoms with E-state index in [1.165, 1.54) is 0 Å². The number of nitrogens with two attached hydrogens (primary N) is 1. The Morgan fingerprint density at radius 2 is 2.10 bits per heavy atom. The number of hydrogen-bond acceptors (Lipinski definition) is 5. The van der Waals surface area contributed by atoms with Crippen LogP contribution in [0, 0.1) is 0 Å². The van der Waals surface area contributed by atoms with Gasteiger partial charge in [-0.05, 0) is 30.6 Å². The highest BCUT2D eigenvalue weighted by molar-refractivity contribution is 7.98. The van der Waals surface area contributed by atoms with Gasteiger partial charge in [-0.3, -0.25) is 4.79 Å². The molecule has 0 aromatic carbocycles. The summed E-state index contributed by atoms with van der Waals surface area (Å²) in [5.41, 5.74) is 3.80. The van der Waals surface area contributed by atoms with E-state index in [1.54, 1.807) is 17.8 Å². The number of nitrogens with one attached hydrogen (secondary N) is 2. The Morgan fingerprint density at radius 1 is 1.40 bits per heavy atom. The molecule has 5 nitrogen and oxygen atoms in total. The van der Waals surface area contributed by atoms with Gasteiger partial charge in [0.05, 0.1) is 0 Å². The number of hydrazine groups is 1. The number of thioether (sulfide) groups is 1. The summed E-state index contributed by atoms with van der Waals surface area (Å²) in [4.78, 5) is 16.5. The van der Waals surface area contributed by atoms with E-state index in [2.05, 4.69) is 42.8 Å². The van der Waals surface area contributed by atoms with Crippen molar-refractivity contribution in [3.63, 3.8) is 0 Å². The molecule has 0 unspecified atom stereocenters. The SMILES string of the molecule is CSCCCNC(=O)c1cc(NN)nc(C(C)(C)C)c1. The van der Waals surface area contributed by atoms with Gasteiger partial charge in [-0.2, -0.15) is 11.8 Å². The van der Waals surface area contributed by atoms with Crippen molar-refractivity contribution in [2.45, 2.75) is 32.6 Å². The quantitative estimate of drug-likeness (QED) is 0.426. The molecule has 0 aliphatic carbocycles. The average molecular weight is 296 g/mol. The molecule has 1 amide bonds. The van der Waals surface area contributed by atoms with Gasteiger partial charge < -0.3 is 10.7 Å². The van der Waals surface area contributed by atoms with Crippen molar-refractivity contribution in [2.24, 2.45) is 5.84 Å². The molecule has 0 saturated heterocycles. The summed E-state index contributed by atoms with van der Waals surface area (Å²) >= 11 is 1.77. The van der Waals surface area contributed by atoms with Gasteiger partial charge in [0.15, 0.2) is 0 Å². The number of pyridine rings is 1. The summed E-state index contributed by atoms with van der Waals surface area (Å²) in [6.45, 7) is 6.83. The highest BCUT2D eigenvalue weighted by Crippen LogP contribution is 2.23. The predicted molar refractivity (Wildman–Crippen MR) is 86.1 cm³/mol. The zero-order valence-electron chi connectivity index (χ0n) is 12.6. The fourth-order valence-corrected chi connectivity index (χ4v) is 2.07. The van der Waals surface area contributed by atoms with E-state index in [0.29, 0.717) is 17.9 Å². The molecule has 0 aliphatic rings. The Kier molecular flexibility index (Phi) is 6.29. The van der Waals surface area contributed by atoms with Crippen LogP contribution in [0.4, 0.5) is 5.82 Å². The van der Waals surface area contributed by atoms with E-state index < -0.39 is 0 Å². The van der Waals surface area contributed by atoms with Crippen molar-refractivity contribution in [3.05, 3.63) is 23.4 Å². The van der Waals surface area contributed by atoms with Crippen molar-refractivity contribution in [2.75, 3.05) is 24.0 Å². The van der Waals surface area contributed by atoms with Crippen LogP contribution < -0.4 is 16.6 Å². The van der Waals surface area contributed by atoms with Gasteiger partial charge in [0, 0.05) is 23.2 Å². The van der Waals surface area contributed by atoms with E-state index in [4.69, 9.17) is 5.84 Å². The van der Waals surface area contributed by atoms with E-state index in [9.17, 15) is 4.79 Å². The lowest BCUT2D eigenvalue weighted by molar-refractivity contribution is 0.0953. The van der Waals surface area contributed by atoms with Crippen molar-refractivity contribution in [1.29, 1.82) is 0 Å². The van der Waals surface area contributed by atoms with Crippen LogP contribution in [0.2, 0.25) is 0 Å². The third-order valence-corrected chi connectivity index (χ3v) is 3.51. The maximum Gasteiger partial charge on any atom is 0.251 e. The molecule has 1 heterocycles. The van der Waals surface area contributed by atoms with Crippen molar-refractivity contribution < 1.29 is 4.79 Å². The van der Waals surface area contributed by atoms with Crippen LogP contribution in [-0.4, -0.2) is 29.4 Å². The second kappa shape index (κ2) is 7.50. The Hall–Kier alpha value is -1.27. The van der Waals surface area contributed by atoms with Crippen molar-refractivity contribution in [3.8, 4) is 0 Å². The average Bonchev–Trinajstić information content (AvgIpc) is 2.41. The van der Waals surface area contributed by atoms with Crippen LogP contribution in [0.3, 0.4) is 0 Å². The molecule has 4 N–H and O–H groups in total. The topological polar surface area (TPSA) is 80.0 Å². The number of nitrogens with zero attached hydrogens (tertiary/aromatic N) is 1. The van der Waals surface area contributed by atoms with Gasteiger partial charge in [-0.15, -0.1) is 0 Å². The van der Waals surface area contributed by atoms with Crippen LogP contribution in [-0.2, 0) is 5.41 Å². The number of aromatic nitrogens is 1. The lowest BCUT2D eigenvalue weighted by Gasteiger charge is -2.19. The maximum absolute atomic E-state index is 12.1. The Balaban J connectivity index is 2.85. The molecule has 1 rings (SSSR count). The Bertz CT molecular complexity index is 457. The zero-order chi connectivity index (χ0) is 15.2. The minimum atomic E-state index is -0.138. The summed E-state index contributed by atoms with van der Waals surface area (Å²) < 4.78 is 0. The zero-order valence-corrected chi connectivity index (χ0v) is 13.4. The molecule has 0 fully saturated rings. The monoisotopic (exact) mass is 296 g/mol. The second-order valence-corrected chi connectivity index (χ2v) is 6.61. The van der Waals surface area contributed by atoms with Gasteiger partial charge in [-0.1, -0.05) is 20.8 Å². The number of rotatable bonds is 6. The highest BCUT2D eigenvalue weighted by Gasteiger charge is 2.19. The largest absolute Gasteiger partial charge is 0.352 e. The summed E-state index contributed by atoms with van der Waals surface area (Å²) in [7, 11) is 0. The van der Waals surface area contributed by atoms with Gasteiger partial charge in [0.25, 0.3) is 5.91 Å². The summed E-state index contributed by atoms with van der Waals surface area (Å²) in [6, 6.07) is 3.49. The van der Waals surface area contributed by atoms with Crippen molar-refractivity contribution >= 4 is 23.5 Å². The van der Waals surface area contributed by atoms with Crippen LogP contribution >= 0.6 is 11.8 Å². The summed E-state index contributed by atoms with van der Waals surface area (Å²) in [5.74, 6) is 6.88. The first-order chi connectivity index (χ1) is 9.38. The molecular weight excluding hydrogens is 272 g/mol. The van der Waals surface area contributed by atoms with Gasteiger partial charge in [0.2, 0.25) is 0 Å². The smallest absolute Gasteiger partial charge is 0.251 e. The maximum atomic E-state index is 12.1. The molecule has 0 atom stereocenters. The Morgan fingerprint density at radius 3 is 2.65 bits per heavy atom.